The Kier molecular flexibility index (Phi) is 7.00. The first-order valence-electron chi connectivity index (χ1n) is 11.0. The third-order valence-corrected chi connectivity index (χ3v) is 5.52. The summed E-state index contributed by atoms with van der Waals surface area (Å²) in [5.74, 6) is 0.239. The number of hydrogen-bond acceptors (Lipinski definition) is 6. The smallest absolute Gasteiger partial charge is 0.416 e. The van der Waals surface area contributed by atoms with Gasteiger partial charge in [0.25, 0.3) is 11.6 Å². The van der Waals surface area contributed by atoms with E-state index in [1.807, 2.05) is 0 Å². The molecule has 192 valence electrons. The molecule has 1 N–H and O–H groups in total. The van der Waals surface area contributed by atoms with Crippen molar-refractivity contribution in [1.29, 1.82) is 0 Å². The molecule has 0 saturated heterocycles. The quantitative estimate of drug-likeness (QED) is 0.231. The van der Waals surface area contributed by atoms with Gasteiger partial charge in [-0.05, 0) is 55.8 Å². The zero-order valence-electron chi connectivity index (χ0n) is 19.7. The summed E-state index contributed by atoms with van der Waals surface area (Å²) in [6, 6.07) is 13.6. The average Bonchev–Trinajstić information content (AvgIpc) is 3.43. The van der Waals surface area contributed by atoms with Gasteiger partial charge >= 0.3 is 6.18 Å². The summed E-state index contributed by atoms with van der Waals surface area (Å²) in [6.07, 6.45) is -4.45. The molecule has 2 heterocycles. The van der Waals surface area contributed by atoms with Crippen LogP contribution in [0, 0.1) is 24.0 Å². The van der Waals surface area contributed by atoms with Crippen LogP contribution >= 0.6 is 0 Å². The number of benzene rings is 2. The second kappa shape index (κ2) is 10.2. The number of nitro benzene ring substituents is 1. The van der Waals surface area contributed by atoms with Gasteiger partial charge in [0, 0.05) is 12.1 Å². The molecule has 0 atom stereocenters. The molecule has 0 aliphatic rings. The normalized spacial score (nSPS) is 11.4. The Bertz CT molecular complexity index is 1440. The molecular formula is C25H21F3N4O5. The van der Waals surface area contributed by atoms with Crippen LogP contribution in [-0.2, 0) is 19.3 Å². The number of alkyl halides is 3. The van der Waals surface area contributed by atoms with Crippen LogP contribution in [0.25, 0.3) is 0 Å². The Morgan fingerprint density at radius 1 is 1.14 bits per heavy atom. The van der Waals surface area contributed by atoms with E-state index in [4.69, 9.17) is 9.15 Å². The highest BCUT2D eigenvalue weighted by atomic mass is 19.4. The molecule has 4 rings (SSSR count). The van der Waals surface area contributed by atoms with Crippen molar-refractivity contribution < 1.29 is 32.0 Å². The predicted octanol–water partition coefficient (Wildman–Crippen LogP) is 5.90. The van der Waals surface area contributed by atoms with Crippen LogP contribution in [0.2, 0.25) is 0 Å². The number of halogens is 3. The van der Waals surface area contributed by atoms with E-state index in [9.17, 15) is 28.1 Å². The number of ether oxygens (including phenoxy) is 1. The lowest BCUT2D eigenvalue weighted by molar-refractivity contribution is -0.384. The van der Waals surface area contributed by atoms with Gasteiger partial charge in [0.2, 0.25) is 0 Å². The number of nitrogens with zero attached hydrogens (tertiary/aromatic N) is 3. The van der Waals surface area contributed by atoms with Gasteiger partial charge in [-0.2, -0.15) is 18.3 Å². The fourth-order valence-electron chi connectivity index (χ4n) is 3.62. The molecule has 37 heavy (non-hydrogen) atoms. The summed E-state index contributed by atoms with van der Waals surface area (Å²) in [4.78, 5) is 23.0. The molecule has 4 aromatic rings. The van der Waals surface area contributed by atoms with Crippen LogP contribution in [0.5, 0.6) is 5.75 Å². The molecule has 0 aliphatic carbocycles. The van der Waals surface area contributed by atoms with E-state index in [1.54, 1.807) is 26.0 Å². The fourth-order valence-corrected chi connectivity index (χ4v) is 3.62. The van der Waals surface area contributed by atoms with Crippen LogP contribution in [0.1, 0.15) is 38.8 Å². The van der Waals surface area contributed by atoms with Crippen molar-refractivity contribution in [2.24, 2.45) is 0 Å². The summed E-state index contributed by atoms with van der Waals surface area (Å²) in [6.45, 7) is 3.47. The van der Waals surface area contributed by atoms with E-state index in [0.717, 1.165) is 12.1 Å². The Morgan fingerprint density at radius 3 is 2.54 bits per heavy atom. The lowest BCUT2D eigenvalue weighted by Crippen LogP contribution is -2.13. The van der Waals surface area contributed by atoms with Crippen LogP contribution in [0.4, 0.5) is 24.5 Å². The molecule has 0 fully saturated rings. The SMILES string of the molecule is Cc1nn(Cc2cccc(C(F)(F)F)c2)c(C)c1NC(=O)c1ccc(COc2ccc([N+](=O)[O-])cc2)o1. The standard InChI is InChI=1S/C25H21F3N4O5/c1-15-23(16(2)31(30-15)13-17-4-3-5-18(12-17)25(26,27)28)29-24(33)22-11-10-21(37-22)14-36-20-8-6-19(7-9-20)32(34)35/h3-12H,13-14H2,1-2H3,(H,29,33). The van der Waals surface area contributed by atoms with Crippen LogP contribution in [-0.4, -0.2) is 20.6 Å². The minimum atomic E-state index is -4.45. The minimum Gasteiger partial charge on any atom is -0.486 e. The van der Waals surface area contributed by atoms with E-state index < -0.39 is 22.6 Å². The number of rotatable bonds is 8. The van der Waals surface area contributed by atoms with E-state index in [2.05, 4.69) is 10.4 Å². The Hall–Kier alpha value is -4.61. The number of furan rings is 1. The maximum Gasteiger partial charge on any atom is 0.416 e. The number of nitro groups is 1. The third kappa shape index (κ3) is 5.97. The monoisotopic (exact) mass is 514 g/mol. The highest BCUT2D eigenvalue weighted by molar-refractivity contribution is 6.02. The molecule has 0 spiro atoms. The predicted molar refractivity (Wildman–Crippen MR) is 126 cm³/mol. The van der Waals surface area contributed by atoms with E-state index in [0.29, 0.717) is 34.1 Å². The Labute approximate surface area is 208 Å². The highest BCUT2D eigenvalue weighted by Gasteiger charge is 2.30. The molecule has 0 radical (unpaired) electrons. The van der Waals surface area contributed by atoms with Gasteiger partial charge < -0.3 is 14.5 Å². The largest absolute Gasteiger partial charge is 0.486 e. The van der Waals surface area contributed by atoms with Crippen molar-refractivity contribution in [3.63, 3.8) is 0 Å². The van der Waals surface area contributed by atoms with Crippen molar-refractivity contribution in [1.82, 2.24) is 9.78 Å². The molecule has 0 unspecified atom stereocenters. The summed E-state index contributed by atoms with van der Waals surface area (Å²) in [7, 11) is 0. The zero-order chi connectivity index (χ0) is 26.7. The first-order chi connectivity index (χ1) is 17.5. The van der Waals surface area contributed by atoms with Crippen LogP contribution in [0.15, 0.2) is 65.1 Å². The van der Waals surface area contributed by atoms with Crippen molar-refractivity contribution in [3.05, 3.63) is 105 Å². The second-order valence-corrected chi connectivity index (χ2v) is 8.16. The summed E-state index contributed by atoms with van der Waals surface area (Å²) in [5.41, 5.74) is 1.10. The topological polar surface area (TPSA) is 112 Å². The number of aromatic nitrogens is 2. The number of amides is 1. The van der Waals surface area contributed by atoms with Gasteiger partial charge in [-0.1, -0.05) is 12.1 Å². The molecule has 0 bridgehead atoms. The zero-order valence-corrected chi connectivity index (χ0v) is 19.7. The molecular weight excluding hydrogens is 493 g/mol. The van der Waals surface area contributed by atoms with E-state index in [-0.39, 0.29) is 24.6 Å². The van der Waals surface area contributed by atoms with Gasteiger partial charge in [-0.3, -0.25) is 19.6 Å². The number of anilines is 1. The second-order valence-electron chi connectivity index (χ2n) is 8.16. The number of hydrogen-bond donors (Lipinski definition) is 1. The number of aryl methyl sites for hydroxylation is 1. The van der Waals surface area contributed by atoms with Crippen molar-refractivity contribution in [3.8, 4) is 5.75 Å². The Morgan fingerprint density at radius 2 is 1.86 bits per heavy atom. The van der Waals surface area contributed by atoms with Gasteiger partial charge in [0.15, 0.2) is 5.76 Å². The van der Waals surface area contributed by atoms with E-state index in [1.165, 1.54) is 41.1 Å². The molecule has 0 aliphatic heterocycles. The lowest BCUT2D eigenvalue weighted by Gasteiger charge is -2.10. The molecule has 2 aromatic heterocycles. The number of nitrogens with one attached hydrogen (secondary N) is 1. The third-order valence-electron chi connectivity index (χ3n) is 5.52. The Balaban J connectivity index is 1.41. The first-order valence-corrected chi connectivity index (χ1v) is 11.0. The lowest BCUT2D eigenvalue weighted by atomic mass is 10.1. The molecule has 12 heteroatoms. The highest BCUT2D eigenvalue weighted by Crippen LogP contribution is 2.30. The van der Waals surface area contributed by atoms with Gasteiger partial charge in [-0.25, -0.2) is 0 Å². The molecule has 9 nitrogen and oxygen atoms in total. The first kappa shape index (κ1) is 25.5. The summed E-state index contributed by atoms with van der Waals surface area (Å²) >= 11 is 0. The fraction of sp³-hybridized carbons (Fsp3) is 0.200. The van der Waals surface area contributed by atoms with Gasteiger partial charge in [0.1, 0.15) is 18.1 Å². The van der Waals surface area contributed by atoms with Crippen molar-refractivity contribution in [2.45, 2.75) is 33.2 Å². The van der Waals surface area contributed by atoms with Crippen LogP contribution in [0.3, 0.4) is 0 Å². The number of carbonyl (C=O) groups excluding carboxylic acids is 1. The van der Waals surface area contributed by atoms with Crippen LogP contribution < -0.4 is 10.1 Å². The summed E-state index contributed by atoms with van der Waals surface area (Å²) < 4.78 is 51.7. The molecule has 0 saturated carbocycles. The summed E-state index contributed by atoms with van der Waals surface area (Å²) in [5, 5.41) is 17.8. The number of non-ortho nitro benzene ring substituents is 1. The van der Waals surface area contributed by atoms with Gasteiger partial charge in [0.05, 0.1) is 34.1 Å². The molecule has 1 amide bonds. The van der Waals surface area contributed by atoms with Gasteiger partial charge in [-0.15, -0.1) is 0 Å². The van der Waals surface area contributed by atoms with E-state index >= 15 is 0 Å². The van der Waals surface area contributed by atoms with Crippen molar-refractivity contribution in [2.75, 3.05) is 5.32 Å². The minimum absolute atomic E-state index is 0.00192. The molecule has 2 aromatic carbocycles. The number of carbonyl (C=O) groups is 1. The van der Waals surface area contributed by atoms with Crippen molar-refractivity contribution >= 4 is 17.3 Å². The maximum atomic E-state index is 13.0. The average molecular weight is 514 g/mol. The maximum absolute atomic E-state index is 13.0.